The first-order chi connectivity index (χ1) is 13.0. The van der Waals surface area contributed by atoms with Crippen LogP contribution in [0, 0.1) is 12.3 Å². The van der Waals surface area contributed by atoms with Crippen molar-refractivity contribution in [1.29, 1.82) is 0 Å². The van der Waals surface area contributed by atoms with E-state index in [1.807, 2.05) is 11.8 Å². The van der Waals surface area contributed by atoms with Gasteiger partial charge in [0.1, 0.15) is 0 Å². The maximum atomic E-state index is 12.2. The minimum atomic E-state index is -0.466. The molecule has 3 heterocycles. The van der Waals surface area contributed by atoms with Crippen LogP contribution in [-0.4, -0.2) is 71.7 Å². The number of methoxy groups -OCH3 is 1. The van der Waals surface area contributed by atoms with Crippen molar-refractivity contribution < 1.29 is 19.4 Å². The molecule has 0 aromatic carbocycles. The monoisotopic (exact) mass is 376 g/mol. The van der Waals surface area contributed by atoms with E-state index in [4.69, 9.17) is 9.84 Å². The largest absolute Gasteiger partial charge is 0.464 e. The zero-order valence-electron chi connectivity index (χ0n) is 16.1. The van der Waals surface area contributed by atoms with Gasteiger partial charge in [0.05, 0.1) is 7.11 Å². The number of aliphatic hydroxyl groups is 1. The Morgan fingerprint density at radius 2 is 2.15 bits per heavy atom. The maximum Gasteiger partial charge on any atom is 0.356 e. The molecule has 0 radical (unpaired) electrons. The van der Waals surface area contributed by atoms with Crippen molar-refractivity contribution in [1.82, 2.24) is 14.9 Å². The molecular weight excluding hydrogens is 348 g/mol. The minimum Gasteiger partial charge on any atom is -0.464 e. The summed E-state index contributed by atoms with van der Waals surface area (Å²) in [4.78, 5) is 37.1. The molecule has 2 fully saturated rings. The van der Waals surface area contributed by atoms with E-state index < -0.39 is 5.97 Å². The standard InChI is InChI=1S/C19H28N4O4/c1-14-11-15(17(26)27-2)21-18(20-14)23-8-3-6-19(13-23)7-5-16(25)22(12-19)9-4-10-24/h11,24H,3-10,12-13H2,1-2H3/t19-/m0/s1. The molecule has 148 valence electrons. The van der Waals surface area contributed by atoms with Crippen molar-refractivity contribution in [3.8, 4) is 0 Å². The normalized spacial score (nSPS) is 23.0. The predicted molar refractivity (Wildman–Crippen MR) is 99.5 cm³/mol. The van der Waals surface area contributed by atoms with Crippen LogP contribution in [0.3, 0.4) is 0 Å². The van der Waals surface area contributed by atoms with Gasteiger partial charge in [-0.05, 0) is 38.7 Å². The van der Waals surface area contributed by atoms with E-state index in [1.165, 1.54) is 7.11 Å². The van der Waals surface area contributed by atoms with Crippen molar-refractivity contribution in [2.45, 2.75) is 39.0 Å². The maximum absolute atomic E-state index is 12.2. The molecule has 27 heavy (non-hydrogen) atoms. The first kappa shape index (κ1) is 19.5. The number of carbonyl (C=O) groups excluding carboxylic acids is 2. The van der Waals surface area contributed by atoms with Crippen molar-refractivity contribution in [3.63, 3.8) is 0 Å². The lowest BCUT2D eigenvalue weighted by molar-refractivity contribution is -0.138. The van der Waals surface area contributed by atoms with Gasteiger partial charge in [0, 0.05) is 50.3 Å². The van der Waals surface area contributed by atoms with Crippen LogP contribution in [0.4, 0.5) is 5.95 Å². The number of aromatic nitrogens is 2. The number of hydrogen-bond donors (Lipinski definition) is 1. The Morgan fingerprint density at radius 1 is 1.33 bits per heavy atom. The summed E-state index contributed by atoms with van der Waals surface area (Å²) in [5.74, 6) is 0.256. The first-order valence-electron chi connectivity index (χ1n) is 9.54. The van der Waals surface area contributed by atoms with Gasteiger partial charge in [-0.25, -0.2) is 14.8 Å². The number of ether oxygens (including phenoxy) is 1. The molecule has 1 spiro atoms. The Morgan fingerprint density at radius 3 is 2.89 bits per heavy atom. The zero-order valence-corrected chi connectivity index (χ0v) is 16.1. The van der Waals surface area contributed by atoms with Crippen LogP contribution in [-0.2, 0) is 9.53 Å². The van der Waals surface area contributed by atoms with Crippen molar-refractivity contribution in [3.05, 3.63) is 17.5 Å². The fourth-order valence-electron chi connectivity index (χ4n) is 4.18. The number of nitrogens with zero attached hydrogens (tertiary/aromatic N) is 4. The molecule has 0 bridgehead atoms. The third kappa shape index (κ3) is 4.37. The summed E-state index contributed by atoms with van der Waals surface area (Å²) in [6.07, 6.45) is 4.05. The van der Waals surface area contributed by atoms with Gasteiger partial charge in [0.25, 0.3) is 0 Å². The molecule has 2 aliphatic heterocycles. The Kier molecular flexibility index (Phi) is 5.94. The number of esters is 1. The molecule has 8 nitrogen and oxygen atoms in total. The number of piperidine rings is 2. The first-order valence-corrected chi connectivity index (χ1v) is 9.54. The molecule has 3 rings (SSSR count). The predicted octanol–water partition coefficient (Wildman–Crippen LogP) is 1.16. The Labute approximate surface area is 159 Å². The summed E-state index contributed by atoms with van der Waals surface area (Å²) < 4.78 is 4.79. The van der Waals surface area contributed by atoms with Crippen LogP contribution in [0.2, 0.25) is 0 Å². The van der Waals surface area contributed by atoms with E-state index in [2.05, 4.69) is 14.9 Å². The zero-order chi connectivity index (χ0) is 19.4. The van der Waals surface area contributed by atoms with E-state index >= 15 is 0 Å². The van der Waals surface area contributed by atoms with E-state index in [0.29, 0.717) is 31.9 Å². The number of likely N-dealkylation sites (tertiary alicyclic amines) is 1. The van der Waals surface area contributed by atoms with E-state index in [0.717, 1.165) is 38.0 Å². The quantitative estimate of drug-likeness (QED) is 0.771. The van der Waals surface area contributed by atoms with Gasteiger partial charge in [0.2, 0.25) is 11.9 Å². The van der Waals surface area contributed by atoms with Crippen molar-refractivity contribution >= 4 is 17.8 Å². The summed E-state index contributed by atoms with van der Waals surface area (Å²) in [6.45, 7) is 4.84. The van der Waals surface area contributed by atoms with Gasteiger partial charge in [-0.2, -0.15) is 0 Å². The second kappa shape index (κ2) is 8.21. The number of carbonyl (C=O) groups is 2. The number of amides is 1. The van der Waals surface area contributed by atoms with Gasteiger partial charge < -0.3 is 19.6 Å². The molecule has 2 aliphatic rings. The summed E-state index contributed by atoms with van der Waals surface area (Å²) in [5, 5.41) is 9.09. The average Bonchev–Trinajstić information content (AvgIpc) is 2.68. The highest BCUT2D eigenvalue weighted by Gasteiger charge is 2.42. The fourth-order valence-corrected chi connectivity index (χ4v) is 4.18. The van der Waals surface area contributed by atoms with Crippen molar-refractivity contribution in [2.75, 3.05) is 44.8 Å². The molecule has 8 heteroatoms. The fraction of sp³-hybridized carbons (Fsp3) is 0.684. The summed E-state index contributed by atoms with van der Waals surface area (Å²) in [7, 11) is 1.34. The Hall–Kier alpha value is -2.22. The van der Waals surface area contributed by atoms with Gasteiger partial charge in [-0.1, -0.05) is 0 Å². The molecule has 0 aliphatic carbocycles. The van der Waals surface area contributed by atoms with Crippen LogP contribution in [0.5, 0.6) is 0 Å². The molecule has 0 unspecified atom stereocenters. The van der Waals surface area contributed by atoms with E-state index in [1.54, 1.807) is 6.07 Å². The molecule has 2 saturated heterocycles. The van der Waals surface area contributed by atoms with Crippen LogP contribution in [0.25, 0.3) is 0 Å². The third-order valence-corrected chi connectivity index (χ3v) is 5.52. The lowest BCUT2D eigenvalue weighted by Gasteiger charge is -2.48. The highest BCUT2D eigenvalue weighted by atomic mass is 16.5. The van der Waals surface area contributed by atoms with E-state index in [9.17, 15) is 9.59 Å². The molecule has 1 aromatic rings. The number of anilines is 1. The molecule has 1 N–H and O–H groups in total. The average molecular weight is 376 g/mol. The lowest BCUT2D eigenvalue weighted by atomic mass is 9.73. The summed E-state index contributed by atoms with van der Waals surface area (Å²) in [6, 6.07) is 1.63. The summed E-state index contributed by atoms with van der Waals surface area (Å²) in [5.41, 5.74) is 1.01. The highest BCUT2D eigenvalue weighted by Crippen LogP contribution is 2.39. The lowest BCUT2D eigenvalue weighted by Crippen LogP contribution is -2.54. The van der Waals surface area contributed by atoms with Crippen molar-refractivity contribution in [2.24, 2.45) is 5.41 Å². The number of hydrogen-bond acceptors (Lipinski definition) is 7. The van der Waals surface area contributed by atoms with Gasteiger partial charge in [0.15, 0.2) is 5.69 Å². The SMILES string of the molecule is COC(=O)c1cc(C)nc(N2CCC[C@@]3(CCC(=O)N(CCCO)C3)C2)n1. The third-order valence-electron chi connectivity index (χ3n) is 5.52. The number of aliphatic hydroxyl groups excluding tert-OH is 1. The molecular formula is C19H28N4O4. The van der Waals surface area contributed by atoms with Gasteiger partial charge in [-0.15, -0.1) is 0 Å². The minimum absolute atomic E-state index is 0.0140. The van der Waals surface area contributed by atoms with Gasteiger partial charge >= 0.3 is 5.97 Å². The van der Waals surface area contributed by atoms with Crippen LogP contribution < -0.4 is 4.90 Å². The second-order valence-corrected chi connectivity index (χ2v) is 7.60. The highest BCUT2D eigenvalue weighted by molar-refractivity contribution is 5.87. The topological polar surface area (TPSA) is 95.9 Å². The van der Waals surface area contributed by atoms with Crippen LogP contribution in [0.15, 0.2) is 6.07 Å². The Bertz CT molecular complexity index is 711. The number of rotatable bonds is 5. The summed E-state index contributed by atoms with van der Waals surface area (Å²) >= 11 is 0. The smallest absolute Gasteiger partial charge is 0.356 e. The molecule has 1 atom stereocenters. The molecule has 1 amide bonds. The van der Waals surface area contributed by atoms with E-state index in [-0.39, 0.29) is 23.6 Å². The van der Waals surface area contributed by atoms with Crippen LogP contribution in [0.1, 0.15) is 48.3 Å². The molecule has 0 saturated carbocycles. The molecule has 1 aromatic heterocycles. The number of aryl methyl sites for hydroxylation is 1. The second-order valence-electron chi connectivity index (χ2n) is 7.60. The van der Waals surface area contributed by atoms with Gasteiger partial charge in [-0.3, -0.25) is 4.79 Å². The Balaban J connectivity index is 1.79. The van der Waals surface area contributed by atoms with Crippen LogP contribution >= 0.6 is 0 Å².